The van der Waals surface area contributed by atoms with Gasteiger partial charge in [-0.2, -0.15) is 0 Å². The maximum Gasteiger partial charge on any atom is 0.242 e. The molecule has 2 aromatic rings. The number of nitrogens with zero attached hydrogens (tertiary/aromatic N) is 2. The Kier molecular flexibility index (Phi) is 6.84. The van der Waals surface area contributed by atoms with Crippen molar-refractivity contribution < 1.29 is 14.4 Å². The molecule has 30 heavy (non-hydrogen) atoms. The number of benzene rings is 2. The lowest BCUT2D eigenvalue weighted by atomic mass is 10.1. The molecule has 1 unspecified atom stereocenters. The van der Waals surface area contributed by atoms with Crippen LogP contribution in [-0.4, -0.2) is 39.5 Å². The Labute approximate surface area is 180 Å². The van der Waals surface area contributed by atoms with Crippen LogP contribution in [0.15, 0.2) is 66.2 Å². The summed E-state index contributed by atoms with van der Waals surface area (Å²) in [6.45, 7) is 7.53. The van der Waals surface area contributed by atoms with Gasteiger partial charge in [-0.05, 0) is 50.2 Å². The molecule has 1 heterocycles. The van der Waals surface area contributed by atoms with Gasteiger partial charge in [0.2, 0.25) is 11.8 Å². The van der Waals surface area contributed by atoms with E-state index in [0.29, 0.717) is 23.0 Å². The highest BCUT2D eigenvalue weighted by molar-refractivity contribution is 8.15. The Hall–Kier alpha value is -3.19. The molecule has 1 saturated heterocycles. The second-order valence-corrected chi connectivity index (χ2v) is 8.13. The highest BCUT2D eigenvalue weighted by Gasteiger charge is 2.38. The summed E-state index contributed by atoms with van der Waals surface area (Å²) < 4.78 is 0. The number of Topliss-reactive ketones (excluding diaryl/α,β-unsaturated/α-hetero) is 1. The van der Waals surface area contributed by atoms with Gasteiger partial charge in [-0.25, -0.2) is 4.99 Å². The van der Waals surface area contributed by atoms with E-state index in [0.717, 1.165) is 11.3 Å². The van der Waals surface area contributed by atoms with Crippen LogP contribution < -0.4 is 5.32 Å². The topological polar surface area (TPSA) is 78.8 Å². The fourth-order valence-corrected chi connectivity index (χ4v) is 4.09. The number of nitrogens with one attached hydrogen (secondary N) is 1. The van der Waals surface area contributed by atoms with Gasteiger partial charge in [-0.1, -0.05) is 35.5 Å². The van der Waals surface area contributed by atoms with Gasteiger partial charge >= 0.3 is 0 Å². The molecule has 1 aliphatic rings. The second kappa shape index (κ2) is 9.54. The maximum atomic E-state index is 12.8. The molecule has 1 fully saturated rings. The Morgan fingerprint density at radius 1 is 1.17 bits per heavy atom. The lowest BCUT2D eigenvalue weighted by molar-refractivity contribution is -0.127. The van der Waals surface area contributed by atoms with Crippen molar-refractivity contribution in [2.24, 2.45) is 4.99 Å². The van der Waals surface area contributed by atoms with Crippen molar-refractivity contribution in [1.29, 1.82) is 0 Å². The van der Waals surface area contributed by atoms with Gasteiger partial charge in [-0.3, -0.25) is 19.3 Å². The fourth-order valence-electron chi connectivity index (χ4n) is 2.92. The van der Waals surface area contributed by atoms with Crippen molar-refractivity contribution in [2.45, 2.75) is 25.5 Å². The smallest absolute Gasteiger partial charge is 0.242 e. The monoisotopic (exact) mass is 421 g/mol. The summed E-state index contributed by atoms with van der Waals surface area (Å²) in [7, 11) is 0. The average Bonchev–Trinajstić information content (AvgIpc) is 2.99. The van der Waals surface area contributed by atoms with Crippen LogP contribution in [-0.2, 0) is 9.59 Å². The van der Waals surface area contributed by atoms with Crippen LogP contribution in [0.25, 0.3) is 0 Å². The van der Waals surface area contributed by atoms with E-state index in [1.54, 1.807) is 35.2 Å². The maximum absolute atomic E-state index is 12.8. The quantitative estimate of drug-likeness (QED) is 0.533. The van der Waals surface area contributed by atoms with Crippen LogP contribution in [0.5, 0.6) is 0 Å². The molecule has 2 aromatic carbocycles. The number of carbonyl (C=O) groups is 3. The molecule has 7 heteroatoms. The summed E-state index contributed by atoms with van der Waals surface area (Å²) in [6, 6.07) is 14.4. The molecule has 1 aliphatic heterocycles. The molecule has 154 valence electrons. The third-order valence-electron chi connectivity index (χ3n) is 4.54. The Bertz CT molecular complexity index is 997. The predicted octanol–water partition coefficient (Wildman–Crippen LogP) is 4.34. The van der Waals surface area contributed by atoms with Crippen LogP contribution >= 0.6 is 11.8 Å². The van der Waals surface area contributed by atoms with E-state index in [1.165, 1.54) is 18.7 Å². The van der Waals surface area contributed by atoms with Gasteiger partial charge in [0.15, 0.2) is 11.0 Å². The zero-order valence-corrected chi connectivity index (χ0v) is 17.7. The first-order chi connectivity index (χ1) is 14.4. The van der Waals surface area contributed by atoms with Crippen LogP contribution in [0.1, 0.15) is 29.3 Å². The van der Waals surface area contributed by atoms with Crippen molar-refractivity contribution in [2.75, 3.05) is 11.9 Å². The third kappa shape index (κ3) is 5.24. The number of hydrogen-bond acceptors (Lipinski definition) is 5. The van der Waals surface area contributed by atoms with E-state index in [1.807, 2.05) is 31.2 Å². The number of anilines is 1. The molecule has 3 rings (SSSR count). The minimum atomic E-state index is -0.550. The summed E-state index contributed by atoms with van der Waals surface area (Å²) in [6.07, 6.45) is 1.67. The van der Waals surface area contributed by atoms with Gasteiger partial charge in [0.1, 0.15) is 5.25 Å². The number of rotatable bonds is 7. The lowest BCUT2D eigenvalue weighted by Gasteiger charge is -2.13. The Morgan fingerprint density at radius 2 is 1.83 bits per heavy atom. The van der Waals surface area contributed by atoms with E-state index in [-0.39, 0.29) is 24.0 Å². The van der Waals surface area contributed by atoms with E-state index < -0.39 is 5.25 Å². The molecule has 0 saturated carbocycles. The first kappa shape index (κ1) is 21.5. The lowest BCUT2D eigenvalue weighted by Crippen LogP contribution is -2.33. The second-order valence-electron chi connectivity index (χ2n) is 6.96. The molecule has 1 N–H and O–H groups in total. The third-order valence-corrected chi connectivity index (χ3v) is 5.71. The van der Waals surface area contributed by atoms with E-state index in [9.17, 15) is 14.4 Å². The van der Waals surface area contributed by atoms with E-state index in [4.69, 9.17) is 0 Å². The van der Waals surface area contributed by atoms with Crippen molar-refractivity contribution in [3.05, 3.63) is 72.3 Å². The molecule has 0 radical (unpaired) electrons. The molecular formula is C23H23N3O3S. The normalized spacial score (nSPS) is 17.3. The van der Waals surface area contributed by atoms with Gasteiger partial charge in [0, 0.05) is 24.2 Å². The molecule has 0 aromatic heterocycles. The summed E-state index contributed by atoms with van der Waals surface area (Å²) in [5, 5.41) is 2.79. The zero-order valence-electron chi connectivity index (χ0n) is 16.9. The van der Waals surface area contributed by atoms with Crippen molar-refractivity contribution in [3.8, 4) is 0 Å². The number of thioether (sulfide) groups is 1. The number of hydrogen-bond donors (Lipinski definition) is 1. The highest BCUT2D eigenvalue weighted by Crippen LogP contribution is 2.32. The van der Waals surface area contributed by atoms with Gasteiger partial charge < -0.3 is 5.32 Å². The van der Waals surface area contributed by atoms with Crippen molar-refractivity contribution >= 4 is 45.9 Å². The number of ketones is 1. The van der Waals surface area contributed by atoms with E-state index >= 15 is 0 Å². The van der Waals surface area contributed by atoms with E-state index in [2.05, 4.69) is 16.9 Å². The van der Waals surface area contributed by atoms with Gasteiger partial charge in [0.25, 0.3) is 0 Å². The van der Waals surface area contributed by atoms with Crippen LogP contribution in [0, 0.1) is 6.92 Å². The fraction of sp³-hybridized carbons (Fsp3) is 0.217. The molecule has 6 nitrogen and oxygen atoms in total. The molecule has 2 amide bonds. The first-order valence-corrected chi connectivity index (χ1v) is 10.4. The van der Waals surface area contributed by atoms with Crippen LogP contribution in [0.3, 0.4) is 0 Å². The Morgan fingerprint density at radius 3 is 2.43 bits per heavy atom. The van der Waals surface area contributed by atoms with Gasteiger partial charge in [-0.15, -0.1) is 6.58 Å². The Balaban J connectivity index is 1.70. The number of aryl methyl sites for hydroxylation is 1. The summed E-state index contributed by atoms with van der Waals surface area (Å²) in [5.74, 6) is -0.470. The van der Waals surface area contributed by atoms with Crippen LogP contribution in [0.2, 0.25) is 0 Å². The number of aliphatic imine (C=N–C) groups is 1. The number of amides is 2. The average molecular weight is 422 g/mol. The molecular weight excluding hydrogens is 398 g/mol. The molecule has 0 aliphatic carbocycles. The minimum Gasteiger partial charge on any atom is -0.326 e. The van der Waals surface area contributed by atoms with Crippen molar-refractivity contribution in [1.82, 2.24) is 4.90 Å². The zero-order chi connectivity index (χ0) is 21.7. The van der Waals surface area contributed by atoms with Gasteiger partial charge in [0.05, 0.1) is 5.69 Å². The standard InChI is InChI=1S/C23H23N3O3S/c1-4-13-26-22(29)20(30-23(26)25-19-9-5-15(2)6-10-19)14-21(28)24-18-11-7-17(8-12-18)16(3)27/h4-12,20H,1,13-14H2,2-3H3,(H,24,28). The SMILES string of the molecule is C=CCN1C(=O)C(CC(=O)Nc2ccc(C(C)=O)cc2)SC1=Nc1ccc(C)cc1. The predicted molar refractivity (Wildman–Crippen MR) is 121 cm³/mol. The highest BCUT2D eigenvalue weighted by atomic mass is 32.2. The molecule has 0 spiro atoms. The largest absolute Gasteiger partial charge is 0.326 e. The number of carbonyl (C=O) groups excluding carboxylic acids is 3. The minimum absolute atomic E-state index is 0.0263. The molecule has 1 atom stereocenters. The summed E-state index contributed by atoms with van der Waals surface area (Å²) in [5.41, 5.74) is 3.03. The number of amidine groups is 1. The molecule has 0 bridgehead atoms. The van der Waals surface area contributed by atoms with Crippen LogP contribution in [0.4, 0.5) is 11.4 Å². The first-order valence-electron chi connectivity index (χ1n) is 9.52. The summed E-state index contributed by atoms with van der Waals surface area (Å²) >= 11 is 1.28. The van der Waals surface area contributed by atoms with Crippen molar-refractivity contribution in [3.63, 3.8) is 0 Å². The summed E-state index contributed by atoms with van der Waals surface area (Å²) in [4.78, 5) is 42.8.